The fourth-order valence-electron chi connectivity index (χ4n) is 2.02. The molecule has 0 aliphatic heterocycles. The van der Waals surface area contributed by atoms with Gasteiger partial charge in [0.15, 0.2) is 0 Å². The molecular formula is C21H24KN2O2-. The van der Waals surface area contributed by atoms with Gasteiger partial charge in [-0.25, -0.2) is 5.16 Å². The third-order valence-corrected chi connectivity index (χ3v) is 3.44. The van der Waals surface area contributed by atoms with Gasteiger partial charge in [0.05, 0.1) is 6.61 Å². The van der Waals surface area contributed by atoms with E-state index in [9.17, 15) is 0 Å². The first-order valence-corrected chi connectivity index (χ1v) is 8.37. The number of ether oxygens (including phenoxy) is 1. The topological polar surface area (TPSA) is 48.2 Å². The summed E-state index contributed by atoms with van der Waals surface area (Å²) in [6, 6.07) is 16.4. The molecule has 132 valence electrons. The molecule has 0 spiro atoms. The second kappa shape index (κ2) is 12.4. The van der Waals surface area contributed by atoms with Crippen molar-refractivity contribution in [2.75, 3.05) is 6.61 Å². The van der Waals surface area contributed by atoms with Gasteiger partial charge in [-0.1, -0.05) is 20.8 Å². The summed E-state index contributed by atoms with van der Waals surface area (Å²) >= 11 is 0. The molecule has 0 bridgehead atoms. The van der Waals surface area contributed by atoms with Crippen LogP contribution in [0.2, 0.25) is 0 Å². The molecule has 0 fully saturated rings. The summed E-state index contributed by atoms with van der Waals surface area (Å²) in [6.45, 7) is 6.95. The Labute approximate surface area is 198 Å². The van der Waals surface area contributed by atoms with Crippen molar-refractivity contribution in [2.24, 2.45) is 0 Å². The fourth-order valence-corrected chi connectivity index (χ4v) is 2.02. The third kappa shape index (κ3) is 9.10. The van der Waals surface area contributed by atoms with Crippen molar-refractivity contribution in [3.8, 4) is 5.75 Å². The summed E-state index contributed by atoms with van der Waals surface area (Å²) in [5.41, 5.74) is 1.37. The van der Waals surface area contributed by atoms with Crippen molar-refractivity contribution in [3.05, 3.63) is 78.4 Å². The second-order valence-electron chi connectivity index (χ2n) is 6.62. The normalized spacial score (nSPS) is 10.3. The summed E-state index contributed by atoms with van der Waals surface area (Å²) in [5, 5.41) is 3.49. The molecule has 3 rings (SSSR count). The molecule has 0 N–H and O–H groups in total. The van der Waals surface area contributed by atoms with Gasteiger partial charge in [0, 0.05) is 18.1 Å². The molecule has 0 atom stereocenters. The molecule has 0 aliphatic carbocycles. The van der Waals surface area contributed by atoms with Crippen LogP contribution in [-0.4, -0.2) is 16.7 Å². The number of hydrogen-bond acceptors (Lipinski definition) is 4. The van der Waals surface area contributed by atoms with Crippen LogP contribution in [-0.2, 0) is 11.8 Å². The van der Waals surface area contributed by atoms with Crippen LogP contribution in [0.5, 0.6) is 5.75 Å². The van der Waals surface area contributed by atoms with Crippen molar-refractivity contribution in [1.29, 1.82) is 0 Å². The predicted molar refractivity (Wildman–Crippen MR) is 97.4 cm³/mol. The van der Waals surface area contributed by atoms with E-state index in [1.165, 1.54) is 5.56 Å². The summed E-state index contributed by atoms with van der Waals surface area (Å²) in [7, 11) is 0. The molecule has 2 heterocycles. The van der Waals surface area contributed by atoms with Gasteiger partial charge >= 0.3 is 51.4 Å². The Morgan fingerprint density at radius 3 is 2.42 bits per heavy atom. The Morgan fingerprint density at radius 2 is 1.88 bits per heavy atom. The molecule has 4 nitrogen and oxygen atoms in total. The third-order valence-electron chi connectivity index (χ3n) is 3.44. The fraction of sp³-hybridized carbons (Fsp3) is 0.333. The minimum atomic E-state index is 0. The number of pyridine rings is 1. The average Bonchev–Trinajstić information content (AvgIpc) is 3.16. The van der Waals surface area contributed by atoms with Crippen LogP contribution in [0.4, 0.5) is 0 Å². The Bertz CT molecular complexity index is 654. The molecule has 2 aromatic heterocycles. The SMILES string of the molecule is CC(C)(C)c1c[c-]no1.[K+].[c-]1cccc(OCCCc2ccncc2)c1. The van der Waals surface area contributed by atoms with E-state index in [2.05, 4.69) is 43.2 Å². The van der Waals surface area contributed by atoms with E-state index in [0.717, 1.165) is 31.0 Å². The molecule has 0 aliphatic rings. The minimum Gasteiger partial charge on any atom is -0.551 e. The molecule has 1 aromatic carbocycles. The Balaban J connectivity index is 0.000000290. The largest absolute Gasteiger partial charge is 1.00 e. The van der Waals surface area contributed by atoms with Gasteiger partial charge in [-0.2, -0.15) is 24.3 Å². The van der Waals surface area contributed by atoms with Crippen LogP contribution >= 0.6 is 0 Å². The monoisotopic (exact) mass is 375 g/mol. The molecule has 0 saturated carbocycles. The zero-order valence-corrected chi connectivity index (χ0v) is 19.2. The van der Waals surface area contributed by atoms with Gasteiger partial charge in [-0.15, -0.1) is 18.3 Å². The first-order chi connectivity index (χ1) is 12.1. The maximum atomic E-state index is 5.58. The van der Waals surface area contributed by atoms with Crippen molar-refractivity contribution in [1.82, 2.24) is 10.1 Å². The quantitative estimate of drug-likeness (QED) is 0.387. The summed E-state index contributed by atoms with van der Waals surface area (Å²) < 4.78 is 10.5. The summed E-state index contributed by atoms with van der Waals surface area (Å²) in [6.07, 6.45) is 8.30. The molecule has 26 heavy (non-hydrogen) atoms. The molecule has 0 radical (unpaired) electrons. The van der Waals surface area contributed by atoms with E-state index in [4.69, 9.17) is 9.26 Å². The number of benzene rings is 1. The molecule has 0 unspecified atom stereocenters. The Morgan fingerprint density at radius 1 is 1.12 bits per heavy atom. The summed E-state index contributed by atoms with van der Waals surface area (Å²) in [4.78, 5) is 3.99. The molecule has 5 heteroatoms. The first-order valence-electron chi connectivity index (χ1n) is 8.37. The second-order valence-corrected chi connectivity index (χ2v) is 6.62. The maximum Gasteiger partial charge on any atom is 1.00 e. The van der Waals surface area contributed by atoms with Gasteiger partial charge < -0.3 is 9.26 Å². The van der Waals surface area contributed by atoms with Gasteiger partial charge in [-0.05, 0) is 41.7 Å². The van der Waals surface area contributed by atoms with Crippen LogP contribution in [0.25, 0.3) is 0 Å². The number of nitrogens with zero attached hydrogens (tertiary/aromatic N) is 2. The zero-order chi connectivity index (χ0) is 18.0. The molecule has 0 saturated heterocycles. The van der Waals surface area contributed by atoms with Gasteiger partial charge in [0.1, 0.15) is 0 Å². The van der Waals surface area contributed by atoms with Crippen LogP contribution in [0.3, 0.4) is 0 Å². The number of aromatic nitrogens is 2. The smallest absolute Gasteiger partial charge is 0.551 e. The van der Waals surface area contributed by atoms with Crippen molar-refractivity contribution in [2.45, 2.75) is 39.0 Å². The maximum absolute atomic E-state index is 5.58. The van der Waals surface area contributed by atoms with Crippen LogP contribution in [0, 0.1) is 12.3 Å². The Kier molecular flexibility index (Phi) is 11.0. The molecule has 3 aromatic rings. The van der Waals surface area contributed by atoms with Crippen molar-refractivity contribution < 1.29 is 60.6 Å². The standard InChI is InChI=1S/C14H14NO.C7H10NO.K/c1-2-6-14(7-3-1)16-12-4-5-13-8-10-15-11-9-13;1-7(2,3)6-4-5-8-9-6;/h1-2,6-11H,4-5,12H2;4H,1-3H3;/q2*-1;+1. The zero-order valence-electron chi connectivity index (χ0n) is 16.0. The van der Waals surface area contributed by atoms with E-state index < -0.39 is 0 Å². The minimum absolute atomic E-state index is 0. The number of aryl methyl sites for hydroxylation is 1. The van der Waals surface area contributed by atoms with Crippen LogP contribution in [0.15, 0.2) is 59.4 Å². The van der Waals surface area contributed by atoms with Gasteiger partial charge in [0.2, 0.25) is 0 Å². The van der Waals surface area contributed by atoms with Crippen molar-refractivity contribution >= 4 is 0 Å². The van der Waals surface area contributed by atoms with E-state index in [0.29, 0.717) is 0 Å². The van der Waals surface area contributed by atoms with Gasteiger partial charge in [0.25, 0.3) is 0 Å². The average molecular weight is 376 g/mol. The Hall–Kier alpha value is -0.984. The van der Waals surface area contributed by atoms with E-state index in [1.54, 1.807) is 6.07 Å². The van der Waals surface area contributed by atoms with E-state index in [1.807, 2.05) is 48.8 Å². The number of hydrogen-bond donors (Lipinski definition) is 0. The first kappa shape index (κ1) is 23.1. The molecular weight excluding hydrogens is 351 g/mol. The van der Waals surface area contributed by atoms with E-state index >= 15 is 0 Å². The number of rotatable bonds is 5. The van der Waals surface area contributed by atoms with Crippen LogP contribution in [0.1, 0.15) is 38.5 Å². The predicted octanol–water partition coefficient (Wildman–Crippen LogP) is 1.67. The van der Waals surface area contributed by atoms with Gasteiger partial charge in [-0.3, -0.25) is 4.98 Å². The van der Waals surface area contributed by atoms with Crippen molar-refractivity contribution in [3.63, 3.8) is 0 Å². The summed E-state index contributed by atoms with van der Waals surface area (Å²) in [5.74, 6) is 1.76. The van der Waals surface area contributed by atoms with Crippen LogP contribution < -0.4 is 56.1 Å². The molecule has 0 amide bonds. The van der Waals surface area contributed by atoms with E-state index in [-0.39, 0.29) is 56.8 Å².